The molecule has 0 aliphatic heterocycles. The molecule has 0 unspecified atom stereocenters. The summed E-state index contributed by atoms with van der Waals surface area (Å²) in [5, 5.41) is 4.05. The summed E-state index contributed by atoms with van der Waals surface area (Å²) in [6.07, 6.45) is -0.234. The number of hydrogen-bond donors (Lipinski definition) is 1. The second kappa shape index (κ2) is 6.47. The molecule has 0 aliphatic carbocycles. The Morgan fingerprint density at radius 2 is 1.94 bits per heavy atom. The minimum atomic E-state index is -0.664. The second-order valence-corrected chi connectivity index (χ2v) is 4.27. The van der Waals surface area contributed by atoms with E-state index >= 15 is 0 Å². The highest BCUT2D eigenvalue weighted by molar-refractivity contribution is 6.82. The minimum Gasteiger partial charge on any atom is -0.458 e. The minimum absolute atomic E-state index is 0.234. The molecule has 6 heteroatoms. The van der Waals surface area contributed by atoms with Crippen molar-refractivity contribution in [2.45, 2.75) is 20.0 Å². The summed E-state index contributed by atoms with van der Waals surface area (Å²) in [5.74, 6) is -0.664. The van der Waals surface area contributed by atoms with Crippen molar-refractivity contribution in [3.63, 3.8) is 0 Å². The number of benzene rings is 1. The summed E-state index contributed by atoms with van der Waals surface area (Å²) in [6, 6.07) is 6.81. The van der Waals surface area contributed by atoms with Crippen LogP contribution in [0.5, 0.6) is 0 Å². The summed E-state index contributed by atoms with van der Waals surface area (Å²) in [7, 11) is 0. The molecule has 0 aliphatic rings. The van der Waals surface area contributed by atoms with E-state index in [1.54, 1.807) is 38.1 Å². The molecule has 0 spiro atoms. The maximum Gasteiger partial charge on any atom is 0.370 e. The quantitative estimate of drug-likeness (QED) is 0.521. The number of anilines is 1. The van der Waals surface area contributed by atoms with Crippen LogP contribution < -0.4 is 5.43 Å². The zero-order chi connectivity index (χ0) is 12.8. The topological polar surface area (TPSA) is 50.7 Å². The van der Waals surface area contributed by atoms with Gasteiger partial charge in [0.25, 0.3) is 0 Å². The number of hydrazone groups is 1. The fraction of sp³-hybridized carbons (Fsp3) is 0.273. The second-order valence-electron chi connectivity index (χ2n) is 3.48. The number of halogens is 2. The summed E-state index contributed by atoms with van der Waals surface area (Å²) in [5.41, 5.74) is 3.29. The van der Waals surface area contributed by atoms with E-state index in [9.17, 15) is 4.79 Å². The lowest BCUT2D eigenvalue weighted by Crippen LogP contribution is -2.18. The van der Waals surface area contributed by atoms with Gasteiger partial charge in [0.05, 0.1) is 11.8 Å². The average Bonchev–Trinajstić information content (AvgIpc) is 2.27. The van der Waals surface area contributed by atoms with Gasteiger partial charge >= 0.3 is 5.97 Å². The molecule has 0 bridgehead atoms. The van der Waals surface area contributed by atoms with E-state index in [1.165, 1.54) is 0 Å². The standard InChI is InChI=1S/C11H12Cl2N2O2/c1-7(2)17-11(16)10(13)15-14-9-5-3-8(12)4-6-9/h3-7,14H,1-2H3/b15-10-. The van der Waals surface area contributed by atoms with Crippen LogP contribution in [0.3, 0.4) is 0 Å². The van der Waals surface area contributed by atoms with Crippen LogP contribution in [0.4, 0.5) is 5.69 Å². The molecule has 17 heavy (non-hydrogen) atoms. The highest BCUT2D eigenvalue weighted by atomic mass is 35.5. The van der Waals surface area contributed by atoms with Gasteiger partial charge in [-0.2, -0.15) is 5.10 Å². The van der Waals surface area contributed by atoms with Crippen molar-refractivity contribution in [3.8, 4) is 0 Å². The van der Waals surface area contributed by atoms with E-state index in [-0.39, 0.29) is 11.3 Å². The first-order valence-corrected chi connectivity index (χ1v) is 5.70. The summed E-state index contributed by atoms with van der Waals surface area (Å²) >= 11 is 11.4. The first-order chi connectivity index (χ1) is 7.99. The predicted molar refractivity (Wildman–Crippen MR) is 69.6 cm³/mol. The number of ether oxygens (including phenoxy) is 1. The Hall–Kier alpha value is -1.26. The summed E-state index contributed by atoms with van der Waals surface area (Å²) in [6.45, 7) is 3.46. The van der Waals surface area contributed by atoms with E-state index < -0.39 is 5.97 Å². The molecule has 1 aromatic rings. The SMILES string of the molecule is CC(C)OC(=O)/C(Cl)=N/Nc1ccc(Cl)cc1. The van der Waals surface area contributed by atoms with Crippen LogP contribution >= 0.6 is 23.2 Å². The van der Waals surface area contributed by atoms with Crippen LogP contribution in [0.25, 0.3) is 0 Å². The van der Waals surface area contributed by atoms with E-state index in [0.717, 1.165) is 0 Å². The van der Waals surface area contributed by atoms with Crippen LogP contribution in [0.1, 0.15) is 13.8 Å². The van der Waals surface area contributed by atoms with Gasteiger partial charge in [-0.05, 0) is 38.1 Å². The number of rotatable bonds is 4. The largest absolute Gasteiger partial charge is 0.458 e. The van der Waals surface area contributed by atoms with Crippen molar-refractivity contribution >= 4 is 40.0 Å². The zero-order valence-electron chi connectivity index (χ0n) is 9.41. The van der Waals surface area contributed by atoms with Gasteiger partial charge in [0.15, 0.2) is 0 Å². The molecule has 0 heterocycles. The monoisotopic (exact) mass is 274 g/mol. The predicted octanol–water partition coefficient (Wildman–Crippen LogP) is 3.26. The number of carbonyl (C=O) groups is 1. The van der Waals surface area contributed by atoms with Crippen molar-refractivity contribution < 1.29 is 9.53 Å². The number of hydrogen-bond acceptors (Lipinski definition) is 4. The van der Waals surface area contributed by atoms with Gasteiger partial charge in [-0.1, -0.05) is 23.2 Å². The lowest BCUT2D eigenvalue weighted by molar-refractivity contribution is -0.138. The van der Waals surface area contributed by atoms with Crippen molar-refractivity contribution in [1.29, 1.82) is 0 Å². The number of nitrogens with zero attached hydrogens (tertiary/aromatic N) is 1. The normalized spacial score (nSPS) is 11.5. The van der Waals surface area contributed by atoms with E-state index in [2.05, 4.69) is 10.5 Å². The van der Waals surface area contributed by atoms with Crippen LogP contribution in [-0.2, 0) is 9.53 Å². The maximum atomic E-state index is 11.3. The smallest absolute Gasteiger partial charge is 0.370 e. The molecule has 1 rings (SSSR count). The Bertz CT molecular complexity index is 416. The highest BCUT2D eigenvalue weighted by Gasteiger charge is 2.11. The van der Waals surface area contributed by atoms with Crippen molar-refractivity contribution in [2.75, 3.05) is 5.43 Å². The molecular weight excluding hydrogens is 263 g/mol. The van der Waals surface area contributed by atoms with Gasteiger partial charge in [-0.15, -0.1) is 0 Å². The third-order valence-electron chi connectivity index (χ3n) is 1.64. The van der Waals surface area contributed by atoms with Gasteiger partial charge in [-0.25, -0.2) is 4.79 Å². The molecule has 0 radical (unpaired) electrons. The Kier molecular flexibility index (Phi) is 5.25. The van der Waals surface area contributed by atoms with Crippen LogP contribution in [0.2, 0.25) is 5.02 Å². The first kappa shape index (κ1) is 13.8. The van der Waals surface area contributed by atoms with Crippen LogP contribution in [-0.4, -0.2) is 17.2 Å². The molecule has 0 atom stereocenters. The number of nitrogens with one attached hydrogen (secondary N) is 1. The van der Waals surface area contributed by atoms with Crippen LogP contribution in [0, 0.1) is 0 Å². The molecule has 1 aromatic carbocycles. The Morgan fingerprint density at radius 1 is 1.35 bits per heavy atom. The molecule has 1 N–H and O–H groups in total. The van der Waals surface area contributed by atoms with Crippen LogP contribution in [0.15, 0.2) is 29.4 Å². The third-order valence-corrected chi connectivity index (χ3v) is 2.13. The fourth-order valence-corrected chi connectivity index (χ4v) is 1.16. The van der Waals surface area contributed by atoms with Crippen molar-refractivity contribution in [3.05, 3.63) is 29.3 Å². The molecule has 0 aromatic heterocycles. The molecule has 4 nitrogen and oxygen atoms in total. The lowest BCUT2D eigenvalue weighted by atomic mass is 10.3. The summed E-state index contributed by atoms with van der Waals surface area (Å²) < 4.78 is 4.86. The lowest BCUT2D eigenvalue weighted by Gasteiger charge is -2.06. The van der Waals surface area contributed by atoms with Crippen molar-refractivity contribution in [2.24, 2.45) is 5.10 Å². The average molecular weight is 275 g/mol. The molecule has 0 fully saturated rings. The molecular formula is C11H12Cl2N2O2. The van der Waals surface area contributed by atoms with E-state index in [1.807, 2.05) is 0 Å². The van der Waals surface area contributed by atoms with Gasteiger partial charge in [-0.3, -0.25) is 5.43 Å². The summed E-state index contributed by atoms with van der Waals surface area (Å²) in [4.78, 5) is 11.3. The number of carbonyl (C=O) groups excluding carboxylic acids is 1. The Balaban J connectivity index is 2.58. The van der Waals surface area contributed by atoms with Gasteiger partial charge in [0.2, 0.25) is 5.17 Å². The molecule has 0 saturated heterocycles. The maximum absolute atomic E-state index is 11.3. The van der Waals surface area contributed by atoms with Gasteiger partial charge < -0.3 is 4.74 Å². The zero-order valence-corrected chi connectivity index (χ0v) is 10.9. The Morgan fingerprint density at radius 3 is 2.47 bits per heavy atom. The van der Waals surface area contributed by atoms with E-state index in [0.29, 0.717) is 10.7 Å². The molecule has 92 valence electrons. The first-order valence-electron chi connectivity index (χ1n) is 4.95. The van der Waals surface area contributed by atoms with Gasteiger partial charge in [0.1, 0.15) is 0 Å². The highest BCUT2D eigenvalue weighted by Crippen LogP contribution is 2.13. The molecule has 0 amide bonds. The Labute approximate surface area is 110 Å². The van der Waals surface area contributed by atoms with E-state index in [4.69, 9.17) is 27.9 Å². The van der Waals surface area contributed by atoms with Crippen molar-refractivity contribution in [1.82, 2.24) is 0 Å². The number of esters is 1. The van der Waals surface area contributed by atoms with Gasteiger partial charge in [0, 0.05) is 5.02 Å². The fourth-order valence-electron chi connectivity index (χ4n) is 0.946. The molecule has 0 saturated carbocycles. The third kappa shape index (κ3) is 5.06.